The number of nitrogen functional groups attached to an aromatic ring is 1. The van der Waals surface area contributed by atoms with Gasteiger partial charge in [-0.3, -0.25) is 20.0 Å². The van der Waals surface area contributed by atoms with E-state index in [2.05, 4.69) is 19.9 Å². The number of likely N-dealkylation sites (tertiary alicyclic amines) is 2. The third kappa shape index (κ3) is 5.63. The number of ether oxygens (including phenoxy) is 1. The normalized spacial score (nSPS) is 18.9. The minimum Gasteiger partial charge on any atom is -0.465 e. The summed E-state index contributed by atoms with van der Waals surface area (Å²) < 4.78 is 62.9. The first kappa shape index (κ1) is 27.1. The number of hydrogen-bond acceptors (Lipinski definition) is 6. The molecule has 9 nitrogen and oxygen atoms in total. The predicted molar refractivity (Wildman–Crippen MR) is 134 cm³/mol. The topological polar surface area (TPSA) is 104 Å². The van der Waals surface area contributed by atoms with E-state index in [4.69, 9.17) is 10.5 Å². The fourth-order valence-electron chi connectivity index (χ4n) is 5.47. The first-order valence-electron chi connectivity index (χ1n) is 13.1. The van der Waals surface area contributed by atoms with E-state index in [1.807, 2.05) is 4.57 Å². The lowest BCUT2D eigenvalue weighted by atomic mass is 9.90. The molecule has 0 atom stereocenters. The van der Waals surface area contributed by atoms with Gasteiger partial charge in [-0.05, 0) is 38.0 Å². The zero-order valence-corrected chi connectivity index (χ0v) is 21.7. The number of H-pyrrole nitrogens is 1. The average molecular weight is 551 g/mol. The van der Waals surface area contributed by atoms with Gasteiger partial charge in [0, 0.05) is 57.2 Å². The molecule has 2 aliphatic rings. The van der Waals surface area contributed by atoms with Crippen LogP contribution in [0.1, 0.15) is 49.8 Å². The molecule has 0 unspecified atom stereocenters. The Morgan fingerprint density at radius 2 is 1.92 bits per heavy atom. The molecule has 1 amide bonds. The van der Waals surface area contributed by atoms with Gasteiger partial charge < -0.3 is 9.64 Å². The summed E-state index contributed by atoms with van der Waals surface area (Å²) >= 11 is 0. The van der Waals surface area contributed by atoms with Crippen molar-refractivity contribution in [2.24, 2.45) is 0 Å². The van der Waals surface area contributed by atoms with Crippen LogP contribution in [-0.4, -0.2) is 68.7 Å². The van der Waals surface area contributed by atoms with E-state index in [1.54, 1.807) is 24.2 Å². The molecule has 2 aromatic heterocycles. The Labute approximate surface area is 223 Å². The number of imidazole rings is 1. The highest BCUT2D eigenvalue weighted by molar-refractivity contribution is 5.85. The maximum Gasteiger partial charge on any atom is 0.416 e. The van der Waals surface area contributed by atoms with Gasteiger partial charge in [0.05, 0.1) is 29.4 Å². The third-order valence-electron chi connectivity index (χ3n) is 7.59. The molecule has 0 spiro atoms. The van der Waals surface area contributed by atoms with Crippen LogP contribution in [0.15, 0.2) is 30.6 Å². The lowest BCUT2D eigenvalue weighted by Crippen LogP contribution is -2.53. The molecule has 3 aromatic rings. The number of nitrogens with two attached hydrogens (primary N) is 1. The Balaban J connectivity index is 1.23. The van der Waals surface area contributed by atoms with Crippen LogP contribution < -0.4 is 15.5 Å². The molecule has 2 saturated heterocycles. The number of carbonyl (C=O) groups excluding carboxylic acids is 1. The smallest absolute Gasteiger partial charge is 0.416 e. The number of halogens is 4. The number of nitrogens with zero attached hydrogens (tertiary/aromatic N) is 5. The van der Waals surface area contributed by atoms with Crippen molar-refractivity contribution in [3.05, 3.63) is 41.7 Å². The van der Waals surface area contributed by atoms with Gasteiger partial charge in [-0.25, -0.2) is 9.37 Å². The molecule has 0 saturated carbocycles. The second kappa shape index (κ2) is 10.6. The fourth-order valence-corrected chi connectivity index (χ4v) is 5.47. The van der Waals surface area contributed by atoms with Crippen LogP contribution >= 0.6 is 0 Å². The second-order valence-corrected chi connectivity index (χ2v) is 10.2. The summed E-state index contributed by atoms with van der Waals surface area (Å²) in [5, 5.41) is 0. The Kier molecular flexibility index (Phi) is 7.36. The first-order chi connectivity index (χ1) is 18.6. The highest BCUT2D eigenvalue weighted by Gasteiger charge is 2.45. The summed E-state index contributed by atoms with van der Waals surface area (Å²) in [7, 11) is 0. The molecule has 4 heterocycles. The van der Waals surface area contributed by atoms with Gasteiger partial charge in [-0.15, -0.1) is 0 Å². The van der Waals surface area contributed by atoms with Crippen LogP contribution in [0.2, 0.25) is 0 Å². The van der Waals surface area contributed by atoms with Crippen molar-refractivity contribution in [3.8, 4) is 6.01 Å². The van der Waals surface area contributed by atoms with Crippen LogP contribution in [0.4, 0.5) is 23.5 Å². The molecule has 0 aliphatic carbocycles. The summed E-state index contributed by atoms with van der Waals surface area (Å²) in [5.74, 6) is -0.168. The number of benzene rings is 1. The number of fused-ring (bicyclic) bond motifs is 1. The standard InChI is InChI=1S/C26H31F4N7O2/c1-2-39-24-34-20-13-18(26(28,29)30)3-4-21(20)37(24)19-5-9-36(10-6-19)22(38)25(27)7-11-35(12-8-25)16-17-14-32-23(31)33-15-17/h3-4,13-15,19H,2,5-12,16H2,1H3,(H2,31,32,33)/p+1. The third-order valence-corrected chi connectivity index (χ3v) is 7.59. The molecule has 5 rings (SSSR count). The molecular weight excluding hydrogens is 518 g/mol. The largest absolute Gasteiger partial charge is 0.465 e. The molecule has 3 N–H and O–H groups in total. The number of hydrogen-bond donors (Lipinski definition) is 1. The molecular formula is C26H32F4N7O2+. The minimum absolute atomic E-state index is 0.111. The van der Waals surface area contributed by atoms with Crippen LogP contribution in [0, 0.1) is 0 Å². The van der Waals surface area contributed by atoms with E-state index in [0.717, 1.165) is 17.7 Å². The van der Waals surface area contributed by atoms with E-state index in [9.17, 15) is 18.0 Å². The molecule has 0 radical (unpaired) electrons. The summed E-state index contributed by atoms with van der Waals surface area (Å²) in [5.41, 5.74) is 4.56. The molecule has 2 aliphatic heterocycles. The first-order valence-corrected chi connectivity index (χ1v) is 13.1. The number of amides is 1. The van der Waals surface area contributed by atoms with Gasteiger partial charge in [0.1, 0.15) is 6.20 Å². The van der Waals surface area contributed by atoms with E-state index in [1.165, 1.54) is 6.07 Å². The number of aromatic amines is 1. The van der Waals surface area contributed by atoms with E-state index < -0.39 is 23.3 Å². The van der Waals surface area contributed by atoms with E-state index >= 15 is 4.39 Å². The fraction of sp³-hybridized carbons (Fsp3) is 0.538. The van der Waals surface area contributed by atoms with Crippen LogP contribution in [-0.2, 0) is 17.5 Å². The maximum atomic E-state index is 15.8. The molecule has 0 bridgehead atoms. The highest BCUT2D eigenvalue weighted by atomic mass is 19.4. The number of anilines is 1. The maximum absolute atomic E-state index is 15.8. The van der Waals surface area contributed by atoms with Crippen molar-refractivity contribution in [3.63, 3.8) is 0 Å². The van der Waals surface area contributed by atoms with Gasteiger partial charge in [0.15, 0.2) is 5.67 Å². The summed E-state index contributed by atoms with van der Waals surface area (Å²) in [6.07, 6.45) is 0.223. The summed E-state index contributed by atoms with van der Waals surface area (Å²) in [6, 6.07) is 3.58. The number of piperidine rings is 2. The SMILES string of the molecule is CCOc1nc2cc(C(F)(F)F)ccc2n1C1CCN(C(=O)C2(F)CCN(Cc3cnc(N)[nH+]c3)CC2)CC1. The van der Waals surface area contributed by atoms with Gasteiger partial charge in [0.25, 0.3) is 11.9 Å². The zero-order chi connectivity index (χ0) is 27.8. The number of carbonyl (C=O) groups is 1. The number of alkyl halides is 4. The highest BCUT2D eigenvalue weighted by Crippen LogP contribution is 2.37. The van der Waals surface area contributed by atoms with Gasteiger partial charge in [-0.2, -0.15) is 18.2 Å². The van der Waals surface area contributed by atoms with Crippen molar-refractivity contribution < 1.29 is 32.1 Å². The van der Waals surface area contributed by atoms with Crippen LogP contribution in [0.5, 0.6) is 6.01 Å². The van der Waals surface area contributed by atoms with Crippen molar-refractivity contribution in [2.45, 2.75) is 57.0 Å². The monoisotopic (exact) mass is 550 g/mol. The number of aromatic nitrogens is 4. The van der Waals surface area contributed by atoms with Crippen molar-refractivity contribution >= 4 is 22.9 Å². The van der Waals surface area contributed by atoms with Gasteiger partial charge >= 0.3 is 12.1 Å². The van der Waals surface area contributed by atoms with Crippen LogP contribution in [0.25, 0.3) is 11.0 Å². The van der Waals surface area contributed by atoms with Crippen molar-refractivity contribution in [2.75, 3.05) is 38.5 Å². The van der Waals surface area contributed by atoms with Gasteiger partial charge in [0.2, 0.25) is 0 Å². The van der Waals surface area contributed by atoms with Gasteiger partial charge in [-0.1, -0.05) is 4.98 Å². The summed E-state index contributed by atoms with van der Waals surface area (Å²) in [6.45, 7) is 4.26. The predicted octanol–water partition coefficient (Wildman–Crippen LogP) is 3.41. The lowest BCUT2D eigenvalue weighted by molar-refractivity contribution is -0.365. The lowest BCUT2D eigenvalue weighted by Gasteiger charge is -2.40. The molecule has 2 fully saturated rings. The Bertz CT molecular complexity index is 1310. The van der Waals surface area contributed by atoms with Crippen molar-refractivity contribution in [1.82, 2.24) is 24.3 Å². The molecule has 13 heteroatoms. The quantitative estimate of drug-likeness (QED) is 0.472. The Hall–Kier alpha value is -3.48. The zero-order valence-electron chi connectivity index (χ0n) is 21.7. The Morgan fingerprint density at radius 1 is 1.21 bits per heavy atom. The molecule has 210 valence electrons. The molecule has 1 aromatic carbocycles. The number of nitrogens with one attached hydrogen (secondary N) is 1. The summed E-state index contributed by atoms with van der Waals surface area (Å²) in [4.78, 5) is 28.1. The van der Waals surface area contributed by atoms with Crippen LogP contribution in [0.3, 0.4) is 0 Å². The van der Waals surface area contributed by atoms with E-state index in [0.29, 0.717) is 63.6 Å². The van der Waals surface area contributed by atoms with E-state index in [-0.39, 0.29) is 30.4 Å². The minimum atomic E-state index is -4.47. The average Bonchev–Trinajstić information content (AvgIpc) is 3.28. The second-order valence-electron chi connectivity index (χ2n) is 10.2. The number of rotatable bonds is 6. The van der Waals surface area contributed by atoms with Crippen molar-refractivity contribution in [1.29, 1.82) is 0 Å². The molecule has 39 heavy (non-hydrogen) atoms. The Morgan fingerprint density at radius 3 is 2.54 bits per heavy atom.